The van der Waals surface area contributed by atoms with Crippen molar-refractivity contribution in [3.05, 3.63) is 36.0 Å². The van der Waals surface area contributed by atoms with E-state index in [0.29, 0.717) is 13.1 Å². The molecule has 2 rings (SSSR count). The maximum atomic E-state index is 9.66. The zero-order valence-electron chi connectivity index (χ0n) is 11.1. The van der Waals surface area contributed by atoms with E-state index < -0.39 is 0 Å². The highest BCUT2D eigenvalue weighted by Gasteiger charge is 2.10. The molecule has 0 amide bonds. The summed E-state index contributed by atoms with van der Waals surface area (Å²) in [7, 11) is 0. The standard InChI is InChI=1S/C14H20N4O/c1-2-6-12(19)9-15-10-13-14(17-18-16-13)11-7-4-3-5-8-11/h3-5,7-8,12,15,19H,2,6,9-10H2,1H3,(H,16,17,18). The van der Waals surface area contributed by atoms with Gasteiger partial charge in [-0.25, -0.2) is 0 Å². The van der Waals surface area contributed by atoms with Gasteiger partial charge in [-0.05, 0) is 6.42 Å². The van der Waals surface area contributed by atoms with Crippen LogP contribution < -0.4 is 5.32 Å². The summed E-state index contributed by atoms with van der Waals surface area (Å²) in [4.78, 5) is 0. The molecule has 0 bridgehead atoms. The van der Waals surface area contributed by atoms with Crippen molar-refractivity contribution in [1.29, 1.82) is 0 Å². The van der Waals surface area contributed by atoms with Crippen LogP contribution in [0.5, 0.6) is 0 Å². The average Bonchev–Trinajstić information content (AvgIpc) is 2.88. The average molecular weight is 260 g/mol. The molecule has 0 radical (unpaired) electrons. The van der Waals surface area contributed by atoms with Gasteiger partial charge in [-0.2, -0.15) is 15.4 Å². The van der Waals surface area contributed by atoms with Crippen molar-refractivity contribution in [1.82, 2.24) is 20.7 Å². The van der Waals surface area contributed by atoms with Crippen LogP contribution in [0.4, 0.5) is 0 Å². The van der Waals surface area contributed by atoms with Crippen LogP contribution in [0, 0.1) is 0 Å². The van der Waals surface area contributed by atoms with Gasteiger partial charge >= 0.3 is 0 Å². The normalized spacial score (nSPS) is 12.5. The maximum absolute atomic E-state index is 9.66. The van der Waals surface area contributed by atoms with E-state index in [-0.39, 0.29) is 6.10 Å². The largest absolute Gasteiger partial charge is 0.392 e. The molecule has 0 aliphatic rings. The van der Waals surface area contributed by atoms with Crippen molar-refractivity contribution >= 4 is 0 Å². The summed E-state index contributed by atoms with van der Waals surface area (Å²) in [6, 6.07) is 9.95. The highest BCUT2D eigenvalue weighted by Crippen LogP contribution is 2.18. The van der Waals surface area contributed by atoms with Gasteiger partial charge in [-0.3, -0.25) is 0 Å². The number of nitrogens with zero attached hydrogens (tertiary/aromatic N) is 2. The van der Waals surface area contributed by atoms with E-state index in [9.17, 15) is 5.11 Å². The fraction of sp³-hybridized carbons (Fsp3) is 0.429. The summed E-state index contributed by atoms with van der Waals surface area (Å²) in [6.07, 6.45) is 1.51. The van der Waals surface area contributed by atoms with Crippen LogP contribution >= 0.6 is 0 Å². The number of aromatic amines is 1. The molecule has 102 valence electrons. The molecule has 1 atom stereocenters. The molecular weight excluding hydrogens is 240 g/mol. The highest BCUT2D eigenvalue weighted by atomic mass is 16.3. The molecule has 1 heterocycles. The van der Waals surface area contributed by atoms with Gasteiger partial charge < -0.3 is 10.4 Å². The molecule has 0 aliphatic carbocycles. The van der Waals surface area contributed by atoms with Crippen LogP contribution in [0.1, 0.15) is 25.5 Å². The van der Waals surface area contributed by atoms with Crippen LogP contribution in [0.3, 0.4) is 0 Å². The van der Waals surface area contributed by atoms with Crippen LogP contribution in [0.25, 0.3) is 11.3 Å². The van der Waals surface area contributed by atoms with Crippen molar-refractivity contribution in [3.63, 3.8) is 0 Å². The zero-order chi connectivity index (χ0) is 13.5. The van der Waals surface area contributed by atoms with E-state index in [1.54, 1.807) is 0 Å². The van der Waals surface area contributed by atoms with E-state index in [1.807, 2.05) is 30.3 Å². The van der Waals surface area contributed by atoms with E-state index in [2.05, 4.69) is 27.7 Å². The van der Waals surface area contributed by atoms with E-state index >= 15 is 0 Å². The topological polar surface area (TPSA) is 73.8 Å². The Hall–Kier alpha value is -1.72. The van der Waals surface area contributed by atoms with Gasteiger partial charge in [0.1, 0.15) is 11.4 Å². The van der Waals surface area contributed by atoms with Crippen molar-refractivity contribution in [2.45, 2.75) is 32.4 Å². The number of aliphatic hydroxyl groups is 1. The summed E-state index contributed by atoms with van der Waals surface area (Å²) in [6.45, 7) is 3.24. The first-order valence-corrected chi connectivity index (χ1v) is 6.65. The molecule has 1 aromatic carbocycles. The molecule has 5 heteroatoms. The van der Waals surface area contributed by atoms with Crippen LogP contribution in [-0.4, -0.2) is 33.2 Å². The van der Waals surface area contributed by atoms with Crippen LogP contribution in [-0.2, 0) is 6.54 Å². The van der Waals surface area contributed by atoms with E-state index in [1.165, 1.54) is 0 Å². The molecule has 0 saturated heterocycles. The van der Waals surface area contributed by atoms with E-state index in [0.717, 1.165) is 29.8 Å². The monoisotopic (exact) mass is 260 g/mol. The first-order chi connectivity index (χ1) is 9.31. The Bertz CT molecular complexity index is 483. The van der Waals surface area contributed by atoms with Gasteiger partial charge in [0.15, 0.2) is 0 Å². The molecule has 5 nitrogen and oxygen atoms in total. The number of hydrogen-bond donors (Lipinski definition) is 3. The predicted octanol–water partition coefficient (Wildman–Crippen LogP) is 1.72. The first kappa shape index (κ1) is 13.7. The molecule has 3 N–H and O–H groups in total. The molecule has 0 fully saturated rings. The Kier molecular flexibility index (Phi) is 5.06. The Balaban J connectivity index is 1.94. The summed E-state index contributed by atoms with van der Waals surface area (Å²) < 4.78 is 0. The molecular formula is C14H20N4O. The molecule has 0 aliphatic heterocycles. The third kappa shape index (κ3) is 3.87. The molecule has 1 aromatic heterocycles. The van der Waals surface area contributed by atoms with Crippen LogP contribution in [0.2, 0.25) is 0 Å². The Morgan fingerprint density at radius 2 is 2.05 bits per heavy atom. The van der Waals surface area contributed by atoms with Gasteiger partial charge in [0.25, 0.3) is 0 Å². The van der Waals surface area contributed by atoms with Gasteiger partial charge in [-0.1, -0.05) is 43.7 Å². The van der Waals surface area contributed by atoms with E-state index in [4.69, 9.17) is 0 Å². The lowest BCUT2D eigenvalue weighted by Gasteiger charge is -2.09. The third-order valence-corrected chi connectivity index (χ3v) is 2.96. The minimum atomic E-state index is -0.294. The lowest BCUT2D eigenvalue weighted by Crippen LogP contribution is -2.26. The Labute approximate surface area is 113 Å². The number of benzene rings is 1. The van der Waals surface area contributed by atoms with Gasteiger partial charge in [0, 0.05) is 18.7 Å². The molecule has 1 unspecified atom stereocenters. The Morgan fingerprint density at radius 3 is 2.79 bits per heavy atom. The number of nitrogens with one attached hydrogen (secondary N) is 2. The summed E-state index contributed by atoms with van der Waals surface area (Å²) in [5.74, 6) is 0. The van der Waals surface area contributed by atoms with Gasteiger partial charge in [-0.15, -0.1) is 0 Å². The van der Waals surface area contributed by atoms with Gasteiger partial charge in [0.05, 0.1) is 6.10 Å². The molecule has 2 aromatic rings. The molecule has 0 saturated carbocycles. The highest BCUT2D eigenvalue weighted by molar-refractivity contribution is 5.60. The van der Waals surface area contributed by atoms with Crippen molar-refractivity contribution in [2.75, 3.05) is 6.54 Å². The fourth-order valence-electron chi connectivity index (χ4n) is 2.00. The minimum Gasteiger partial charge on any atom is -0.392 e. The minimum absolute atomic E-state index is 0.294. The smallest absolute Gasteiger partial charge is 0.117 e. The third-order valence-electron chi connectivity index (χ3n) is 2.96. The SMILES string of the molecule is CCCC(O)CNCc1n[nH]nc1-c1ccccc1. The maximum Gasteiger partial charge on any atom is 0.117 e. The zero-order valence-corrected chi connectivity index (χ0v) is 11.1. The fourth-order valence-corrected chi connectivity index (χ4v) is 2.00. The Morgan fingerprint density at radius 1 is 1.26 bits per heavy atom. The summed E-state index contributed by atoms with van der Waals surface area (Å²) >= 11 is 0. The summed E-state index contributed by atoms with van der Waals surface area (Å²) in [5.41, 5.74) is 2.77. The summed E-state index contributed by atoms with van der Waals surface area (Å²) in [5, 5.41) is 23.9. The second-order valence-corrected chi connectivity index (χ2v) is 4.56. The molecule has 0 spiro atoms. The number of aromatic nitrogens is 3. The lowest BCUT2D eigenvalue weighted by molar-refractivity contribution is 0.160. The quantitative estimate of drug-likeness (QED) is 0.708. The molecule has 19 heavy (non-hydrogen) atoms. The predicted molar refractivity (Wildman–Crippen MR) is 74.4 cm³/mol. The van der Waals surface area contributed by atoms with Crippen molar-refractivity contribution in [3.8, 4) is 11.3 Å². The van der Waals surface area contributed by atoms with Crippen molar-refractivity contribution in [2.24, 2.45) is 0 Å². The number of aliphatic hydroxyl groups excluding tert-OH is 1. The number of hydrogen-bond acceptors (Lipinski definition) is 4. The van der Waals surface area contributed by atoms with Gasteiger partial charge in [0.2, 0.25) is 0 Å². The second kappa shape index (κ2) is 7.01. The lowest BCUT2D eigenvalue weighted by atomic mass is 10.1. The van der Waals surface area contributed by atoms with Crippen LogP contribution in [0.15, 0.2) is 30.3 Å². The first-order valence-electron chi connectivity index (χ1n) is 6.65. The second-order valence-electron chi connectivity index (χ2n) is 4.56. The number of H-pyrrole nitrogens is 1. The number of rotatable bonds is 7. The van der Waals surface area contributed by atoms with Crippen molar-refractivity contribution < 1.29 is 5.11 Å².